The van der Waals surface area contributed by atoms with Crippen molar-refractivity contribution >= 4 is 17.5 Å². The Morgan fingerprint density at radius 3 is 2.22 bits per heavy atom. The molecule has 0 radical (unpaired) electrons. The molecule has 0 saturated heterocycles. The molecule has 4 rings (SSSR count). The monoisotopic (exact) mass is 424 g/mol. The minimum Gasteiger partial charge on any atom is -0.467 e. The fourth-order valence-corrected chi connectivity index (χ4v) is 3.46. The number of carbonyl (C=O) groups is 2. The minimum absolute atomic E-state index is 0.0890. The van der Waals surface area contributed by atoms with E-state index in [-0.39, 0.29) is 18.2 Å². The summed E-state index contributed by atoms with van der Waals surface area (Å²) >= 11 is 0. The Hall–Kier alpha value is -4.12. The third-order valence-corrected chi connectivity index (χ3v) is 5.08. The molecule has 5 nitrogen and oxygen atoms in total. The zero-order valence-electron chi connectivity index (χ0n) is 17.6. The maximum atomic E-state index is 13.4. The van der Waals surface area contributed by atoms with Crippen molar-refractivity contribution in [1.82, 2.24) is 5.32 Å². The van der Waals surface area contributed by atoms with Crippen LogP contribution in [0.2, 0.25) is 0 Å². The van der Waals surface area contributed by atoms with E-state index in [4.69, 9.17) is 4.42 Å². The Morgan fingerprint density at radius 2 is 1.50 bits per heavy atom. The summed E-state index contributed by atoms with van der Waals surface area (Å²) in [6.07, 6.45) is 1.79. The van der Waals surface area contributed by atoms with Gasteiger partial charge in [-0.3, -0.25) is 9.59 Å². The molecule has 0 fully saturated rings. The van der Waals surface area contributed by atoms with Gasteiger partial charge in [0.05, 0.1) is 25.8 Å². The quantitative estimate of drug-likeness (QED) is 0.434. The topological polar surface area (TPSA) is 62.6 Å². The van der Waals surface area contributed by atoms with Gasteiger partial charge in [0.25, 0.3) is 5.91 Å². The van der Waals surface area contributed by atoms with Gasteiger partial charge < -0.3 is 14.6 Å². The van der Waals surface area contributed by atoms with Gasteiger partial charge in [-0.15, -0.1) is 0 Å². The predicted molar refractivity (Wildman–Crippen MR) is 124 cm³/mol. The second-order valence-corrected chi connectivity index (χ2v) is 7.45. The molecule has 3 aromatic carbocycles. The number of carbonyl (C=O) groups excluding carboxylic acids is 2. The molecule has 160 valence electrons. The number of amides is 2. The minimum atomic E-state index is -0.109. The van der Waals surface area contributed by atoms with E-state index in [1.165, 1.54) is 0 Å². The van der Waals surface area contributed by atoms with Gasteiger partial charge in [-0.05, 0) is 47.5 Å². The van der Waals surface area contributed by atoms with Crippen molar-refractivity contribution in [1.29, 1.82) is 0 Å². The molecule has 1 aromatic heterocycles. The van der Waals surface area contributed by atoms with E-state index >= 15 is 0 Å². The number of furan rings is 1. The molecule has 0 aliphatic heterocycles. The lowest BCUT2D eigenvalue weighted by Gasteiger charge is -2.24. The van der Waals surface area contributed by atoms with Crippen LogP contribution in [0.4, 0.5) is 5.69 Å². The summed E-state index contributed by atoms with van der Waals surface area (Å²) in [4.78, 5) is 27.5. The van der Waals surface area contributed by atoms with E-state index in [1.54, 1.807) is 17.2 Å². The third kappa shape index (κ3) is 5.52. The maximum absolute atomic E-state index is 13.4. The van der Waals surface area contributed by atoms with Gasteiger partial charge in [0.15, 0.2) is 0 Å². The lowest BCUT2D eigenvalue weighted by atomic mass is 10.1. The van der Waals surface area contributed by atoms with Crippen molar-refractivity contribution in [2.45, 2.75) is 19.5 Å². The molecule has 4 aromatic rings. The molecule has 0 bridgehead atoms. The molecule has 32 heavy (non-hydrogen) atoms. The Kier molecular flexibility index (Phi) is 6.78. The number of anilines is 1. The van der Waals surface area contributed by atoms with Crippen LogP contribution in [-0.4, -0.2) is 11.8 Å². The van der Waals surface area contributed by atoms with Gasteiger partial charge >= 0.3 is 0 Å². The molecule has 5 heteroatoms. The predicted octanol–water partition coefficient (Wildman–Crippen LogP) is 4.99. The molecule has 0 unspecified atom stereocenters. The average molecular weight is 425 g/mol. The summed E-state index contributed by atoms with van der Waals surface area (Å²) < 4.78 is 5.25. The summed E-state index contributed by atoms with van der Waals surface area (Å²) in [6, 6.07) is 30.3. The van der Waals surface area contributed by atoms with Crippen molar-refractivity contribution in [2.24, 2.45) is 0 Å². The van der Waals surface area contributed by atoms with Crippen LogP contribution in [0.3, 0.4) is 0 Å². The van der Waals surface area contributed by atoms with E-state index in [9.17, 15) is 9.59 Å². The Balaban J connectivity index is 1.54. The van der Waals surface area contributed by atoms with E-state index < -0.39 is 0 Å². The van der Waals surface area contributed by atoms with Crippen LogP contribution in [0.25, 0.3) is 0 Å². The summed E-state index contributed by atoms with van der Waals surface area (Å²) in [5, 5.41) is 2.86. The van der Waals surface area contributed by atoms with E-state index in [0.717, 1.165) is 16.8 Å². The van der Waals surface area contributed by atoms with E-state index in [1.807, 2.05) is 91.0 Å². The van der Waals surface area contributed by atoms with Crippen molar-refractivity contribution in [3.05, 3.63) is 126 Å². The van der Waals surface area contributed by atoms with Gasteiger partial charge in [-0.1, -0.05) is 60.7 Å². The highest BCUT2D eigenvalue weighted by atomic mass is 16.3. The zero-order valence-corrected chi connectivity index (χ0v) is 17.6. The van der Waals surface area contributed by atoms with Crippen LogP contribution in [0.1, 0.15) is 27.2 Å². The Labute approximate surface area is 187 Å². The highest BCUT2D eigenvalue weighted by Gasteiger charge is 2.19. The maximum Gasteiger partial charge on any atom is 0.258 e. The van der Waals surface area contributed by atoms with E-state index in [2.05, 4.69) is 5.32 Å². The van der Waals surface area contributed by atoms with Gasteiger partial charge in [0, 0.05) is 11.3 Å². The summed E-state index contributed by atoms with van der Waals surface area (Å²) in [5.74, 6) is 0.506. The van der Waals surface area contributed by atoms with Crippen LogP contribution < -0.4 is 10.2 Å². The van der Waals surface area contributed by atoms with E-state index in [0.29, 0.717) is 24.4 Å². The first kappa shape index (κ1) is 21.1. The molecule has 0 aliphatic rings. The molecule has 0 saturated carbocycles. The fourth-order valence-electron chi connectivity index (χ4n) is 3.46. The first-order valence-electron chi connectivity index (χ1n) is 10.5. The van der Waals surface area contributed by atoms with Crippen molar-refractivity contribution in [3.63, 3.8) is 0 Å². The second kappa shape index (κ2) is 10.3. The largest absolute Gasteiger partial charge is 0.467 e. The van der Waals surface area contributed by atoms with Crippen LogP contribution in [-0.2, 0) is 24.3 Å². The molecule has 0 atom stereocenters. The van der Waals surface area contributed by atoms with Crippen LogP contribution in [0.5, 0.6) is 0 Å². The molecular formula is C27H24N2O3. The Morgan fingerprint density at radius 1 is 0.781 bits per heavy atom. The molecule has 1 heterocycles. The standard InChI is InChI=1S/C27H24N2O3/c30-26(28-19-25-15-8-16-32-25)18-22-11-7-14-24(17-22)29(20-21-9-3-1-4-10-21)27(31)23-12-5-2-6-13-23/h1-17H,18-20H2,(H,28,30). The van der Waals surface area contributed by atoms with Crippen LogP contribution >= 0.6 is 0 Å². The number of nitrogens with zero attached hydrogens (tertiary/aromatic N) is 1. The lowest BCUT2D eigenvalue weighted by Crippen LogP contribution is -2.30. The van der Waals surface area contributed by atoms with Crippen LogP contribution in [0, 0.1) is 0 Å². The average Bonchev–Trinajstić information content (AvgIpc) is 3.36. The summed E-state index contributed by atoms with van der Waals surface area (Å²) in [7, 11) is 0. The van der Waals surface area contributed by atoms with Crippen molar-refractivity contribution in [2.75, 3.05) is 4.90 Å². The lowest BCUT2D eigenvalue weighted by molar-refractivity contribution is -0.120. The number of hydrogen-bond acceptors (Lipinski definition) is 3. The number of hydrogen-bond donors (Lipinski definition) is 1. The smallest absolute Gasteiger partial charge is 0.258 e. The molecule has 0 aliphatic carbocycles. The van der Waals surface area contributed by atoms with Crippen LogP contribution in [0.15, 0.2) is 108 Å². The summed E-state index contributed by atoms with van der Waals surface area (Å²) in [5.41, 5.74) is 3.22. The van der Waals surface area contributed by atoms with Crippen molar-refractivity contribution in [3.8, 4) is 0 Å². The first-order chi connectivity index (χ1) is 15.7. The Bertz CT molecular complexity index is 1160. The molecule has 1 N–H and O–H groups in total. The summed E-state index contributed by atoms with van der Waals surface area (Å²) in [6.45, 7) is 0.779. The highest BCUT2D eigenvalue weighted by molar-refractivity contribution is 6.06. The normalized spacial score (nSPS) is 10.5. The molecule has 2 amide bonds. The number of nitrogens with one attached hydrogen (secondary N) is 1. The molecule has 0 spiro atoms. The third-order valence-electron chi connectivity index (χ3n) is 5.08. The number of rotatable bonds is 8. The second-order valence-electron chi connectivity index (χ2n) is 7.45. The molecular weight excluding hydrogens is 400 g/mol. The first-order valence-corrected chi connectivity index (χ1v) is 10.5. The van der Waals surface area contributed by atoms with Gasteiger partial charge in [0.2, 0.25) is 5.91 Å². The van der Waals surface area contributed by atoms with Gasteiger partial charge in [-0.25, -0.2) is 0 Å². The SMILES string of the molecule is O=C(Cc1cccc(N(Cc2ccccc2)C(=O)c2ccccc2)c1)NCc1ccco1. The van der Waals surface area contributed by atoms with Gasteiger partial charge in [0.1, 0.15) is 5.76 Å². The highest BCUT2D eigenvalue weighted by Crippen LogP contribution is 2.22. The van der Waals surface area contributed by atoms with Crippen molar-refractivity contribution < 1.29 is 14.0 Å². The number of benzene rings is 3. The zero-order chi connectivity index (χ0) is 22.2. The van der Waals surface area contributed by atoms with Gasteiger partial charge in [-0.2, -0.15) is 0 Å². The fraction of sp³-hybridized carbons (Fsp3) is 0.111.